The lowest BCUT2D eigenvalue weighted by Crippen LogP contribution is -2.06. The molecule has 4 heteroatoms. The maximum absolute atomic E-state index is 4.65. The standard InChI is InChI=1S/C16H18N4/c1-11-19-14(8-12-6-4-3-5-7-12)15-13(9-17-2)10-18-16(15)20-11/h3-7,10,17H,8-9H2,1-2H3,(H,18,19,20). The van der Waals surface area contributed by atoms with E-state index in [2.05, 4.69) is 44.5 Å². The van der Waals surface area contributed by atoms with Crippen LogP contribution in [0.25, 0.3) is 11.0 Å². The molecule has 4 nitrogen and oxygen atoms in total. The summed E-state index contributed by atoms with van der Waals surface area (Å²) < 4.78 is 0. The van der Waals surface area contributed by atoms with Gasteiger partial charge in [-0.2, -0.15) is 0 Å². The number of nitrogens with zero attached hydrogens (tertiary/aromatic N) is 2. The first kappa shape index (κ1) is 12.8. The van der Waals surface area contributed by atoms with E-state index in [9.17, 15) is 0 Å². The Kier molecular flexibility index (Phi) is 3.48. The van der Waals surface area contributed by atoms with Gasteiger partial charge in [-0.05, 0) is 25.1 Å². The molecule has 2 N–H and O–H groups in total. The molecule has 2 aromatic heterocycles. The molecule has 0 bridgehead atoms. The number of aryl methyl sites for hydroxylation is 1. The third-order valence-corrected chi connectivity index (χ3v) is 3.38. The highest BCUT2D eigenvalue weighted by atomic mass is 15.0. The van der Waals surface area contributed by atoms with Gasteiger partial charge >= 0.3 is 0 Å². The van der Waals surface area contributed by atoms with E-state index in [0.29, 0.717) is 0 Å². The second kappa shape index (κ2) is 5.43. The van der Waals surface area contributed by atoms with Crippen molar-refractivity contribution in [2.45, 2.75) is 19.9 Å². The van der Waals surface area contributed by atoms with Crippen LogP contribution in [0.1, 0.15) is 22.6 Å². The Morgan fingerprint density at radius 2 is 1.95 bits per heavy atom. The smallest absolute Gasteiger partial charge is 0.141 e. The van der Waals surface area contributed by atoms with Gasteiger partial charge in [-0.15, -0.1) is 0 Å². The Morgan fingerprint density at radius 1 is 1.15 bits per heavy atom. The van der Waals surface area contributed by atoms with E-state index in [1.807, 2.05) is 26.2 Å². The van der Waals surface area contributed by atoms with Crippen LogP contribution in [0.3, 0.4) is 0 Å². The summed E-state index contributed by atoms with van der Waals surface area (Å²) in [5.41, 5.74) is 4.50. The van der Waals surface area contributed by atoms with Gasteiger partial charge in [-0.3, -0.25) is 0 Å². The van der Waals surface area contributed by atoms with Crippen molar-refractivity contribution >= 4 is 11.0 Å². The third kappa shape index (κ3) is 2.42. The molecule has 3 rings (SSSR count). The maximum atomic E-state index is 4.65. The van der Waals surface area contributed by atoms with Gasteiger partial charge in [0, 0.05) is 24.5 Å². The lowest BCUT2D eigenvalue weighted by molar-refractivity contribution is 0.822. The average molecular weight is 266 g/mol. The van der Waals surface area contributed by atoms with Crippen LogP contribution in [0.2, 0.25) is 0 Å². The summed E-state index contributed by atoms with van der Waals surface area (Å²) in [6.45, 7) is 2.75. The van der Waals surface area contributed by atoms with E-state index >= 15 is 0 Å². The molecule has 0 aliphatic rings. The van der Waals surface area contributed by atoms with Gasteiger partial charge < -0.3 is 10.3 Å². The van der Waals surface area contributed by atoms with Crippen molar-refractivity contribution in [3.8, 4) is 0 Å². The molecule has 3 aromatic rings. The normalized spacial score (nSPS) is 11.1. The molecular formula is C16H18N4. The van der Waals surface area contributed by atoms with E-state index in [1.54, 1.807) is 0 Å². The second-order valence-electron chi connectivity index (χ2n) is 4.95. The first-order chi connectivity index (χ1) is 9.78. The molecule has 20 heavy (non-hydrogen) atoms. The topological polar surface area (TPSA) is 53.6 Å². The number of aromatic amines is 1. The molecule has 2 heterocycles. The van der Waals surface area contributed by atoms with Crippen LogP contribution >= 0.6 is 0 Å². The monoisotopic (exact) mass is 266 g/mol. The number of fused-ring (bicyclic) bond motifs is 1. The number of benzene rings is 1. The summed E-state index contributed by atoms with van der Waals surface area (Å²) >= 11 is 0. The zero-order chi connectivity index (χ0) is 13.9. The van der Waals surface area contributed by atoms with Gasteiger partial charge in [0.15, 0.2) is 0 Å². The van der Waals surface area contributed by atoms with Crippen LogP contribution < -0.4 is 5.32 Å². The van der Waals surface area contributed by atoms with Crippen LogP contribution in [0, 0.1) is 6.92 Å². The van der Waals surface area contributed by atoms with Crippen molar-refractivity contribution in [2.75, 3.05) is 7.05 Å². The van der Waals surface area contributed by atoms with Gasteiger partial charge in [0.25, 0.3) is 0 Å². The predicted octanol–water partition coefficient (Wildman–Crippen LogP) is 2.58. The van der Waals surface area contributed by atoms with Crippen molar-refractivity contribution in [1.29, 1.82) is 0 Å². The first-order valence-corrected chi connectivity index (χ1v) is 6.80. The van der Waals surface area contributed by atoms with Crippen molar-refractivity contribution in [3.63, 3.8) is 0 Å². The lowest BCUT2D eigenvalue weighted by Gasteiger charge is -2.06. The van der Waals surface area contributed by atoms with Gasteiger partial charge in [-0.1, -0.05) is 30.3 Å². The van der Waals surface area contributed by atoms with Crippen LogP contribution in [-0.4, -0.2) is 22.0 Å². The first-order valence-electron chi connectivity index (χ1n) is 6.80. The minimum absolute atomic E-state index is 0.807. The van der Waals surface area contributed by atoms with Crippen molar-refractivity contribution in [1.82, 2.24) is 20.3 Å². The van der Waals surface area contributed by atoms with Gasteiger partial charge in [0.1, 0.15) is 11.5 Å². The fourth-order valence-corrected chi connectivity index (χ4v) is 2.55. The van der Waals surface area contributed by atoms with E-state index in [4.69, 9.17) is 0 Å². The summed E-state index contributed by atoms with van der Waals surface area (Å²) in [5.74, 6) is 0.807. The van der Waals surface area contributed by atoms with Crippen LogP contribution in [0.15, 0.2) is 36.5 Å². The summed E-state index contributed by atoms with van der Waals surface area (Å²) in [7, 11) is 1.95. The largest absolute Gasteiger partial charge is 0.346 e. The number of hydrogen-bond acceptors (Lipinski definition) is 3. The molecule has 0 radical (unpaired) electrons. The highest BCUT2D eigenvalue weighted by Gasteiger charge is 2.12. The summed E-state index contributed by atoms with van der Waals surface area (Å²) in [5, 5.41) is 4.34. The molecule has 0 aliphatic carbocycles. The average Bonchev–Trinajstić information content (AvgIpc) is 2.83. The van der Waals surface area contributed by atoms with Crippen LogP contribution in [-0.2, 0) is 13.0 Å². The fraction of sp³-hybridized carbons (Fsp3) is 0.250. The highest BCUT2D eigenvalue weighted by Crippen LogP contribution is 2.22. The maximum Gasteiger partial charge on any atom is 0.141 e. The van der Waals surface area contributed by atoms with E-state index in [0.717, 1.165) is 35.5 Å². The van der Waals surface area contributed by atoms with E-state index in [-0.39, 0.29) is 0 Å². The minimum atomic E-state index is 0.807. The fourth-order valence-electron chi connectivity index (χ4n) is 2.55. The van der Waals surface area contributed by atoms with E-state index < -0.39 is 0 Å². The van der Waals surface area contributed by atoms with E-state index in [1.165, 1.54) is 11.1 Å². The molecule has 1 aromatic carbocycles. The Morgan fingerprint density at radius 3 is 2.70 bits per heavy atom. The Bertz CT molecular complexity index is 716. The molecule has 0 atom stereocenters. The minimum Gasteiger partial charge on any atom is -0.346 e. The lowest BCUT2D eigenvalue weighted by atomic mass is 10.1. The van der Waals surface area contributed by atoms with Crippen molar-refractivity contribution in [2.24, 2.45) is 0 Å². The molecule has 0 spiro atoms. The molecular weight excluding hydrogens is 248 g/mol. The molecule has 0 saturated carbocycles. The van der Waals surface area contributed by atoms with Crippen molar-refractivity contribution < 1.29 is 0 Å². The number of nitrogens with one attached hydrogen (secondary N) is 2. The zero-order valence-corrected chi connectivity index (χ0v) is 11.8. The number of rotatable bonds is 4. The second-order valence-corrected chi connectivity index (χ2v) is 4.95. The SMILES string of the molecule is CNCc1c[nH]c2nc(C)nc(Cc3ccccc3)c12. The summed E-state index contributed by atoms with van der Waals surface area (Å²) in [6.07, 6.45) is 2.85. The molecule has 0 saturated heterocycles. The Hall–Kier alpha value is -2.20. The predicted molar refractivity (Wildman–Crippen MR) is 80.6 cm³/mol. The van der Waals surface area contributed by atoms with Crippen LogP contribution in [0.5, 0.6) is 0 Å². The summed E-state index contributed by atoms with van der Waals surface area (Å²) in [4.78, 5) is 12.4. The molecule has 0 aliphatic heterocycles. The van der Waals surface area contributed by atoms with Crippen molar-refractivity contribution in [3.05, 3.63) is 59.2 Å². The van der Waals surface area contributed by atoms with Gasteiger partial charge in [-0.25, -0.2) is 9.97 Å². The third-order valence-electron chi connectivity index (χ3n) is 3.38. The number of aromatic nitrogens is 3. The molecule has 0 amide bonds. The summed E-state index contributed by atoms with van der Waals surface area (Å²) in [6, 6.07) is 10.4. The quantitative estimate of drug-likeness (QED) is 0.763. The Labute approximate surface area is 118 Å². The van der Waals surface area contributed by atoms with Gasteiger partial charge in [0.2, 0.25) is 0 Å². The van der Waals surface area contributed by atoms with Crippen LogP contribution in [0.4, 0.5) is 0 Å². The highest BCUT2D eigenvalue weighted by molar-refractivity contribution is 5.82. The molecule has 0 fully saturated rings. The number of hydrogen-bond donors (Lipinski definition) is 2. The molecule has 0 unspecified atom stereocenters. The Balaban J connectivity index is 2.10. The number of H-pyrrole nitrogens is 1. The zero-order valence-electron chi connectivity index (χ0n) is 11.8. The molecule has 102 valence electrons. The van der Waals surface area contributed by atoms with Gasteiger partial charge in [0.05, 0.1) is 5.69 Å².